The van der Waals surface area contributed by atoms with E-state index in [9.17, 15) is 0 Å². The van der Waals surface area contributed by atoms with Gasteiger partial charge in [-0.2, -0.15) is 0 Å². The Bertz CT molecular complexity index is 179. The minimum atomic E-state index is -1.06. The van der Waals surface area contributed by atoms with E-state index in [4.69, 9.17) is 0 Å². The second-order valence-electron chi connectivity index (χ2n) is 5.36. The normalized spacial score (nSPS) is 13.3. The highest BCUT2D eigenvalue weighted by Crippen LogP contribution is 2.21. The molecule has 0 N–H and O–H groups in total. The molecule has 0 aliphatic rings. The Morgan fingerprint density at radius 2 is 1.53 bits per heavy atom. The van der Waals surface area contributed by atoms with E-state index in [1.165, 1.54) is 49.1 Å². The number of rotatable bonds is 8. The van der Waals surface area contributed by atoms with Crippen molar-refractivity contribution in [1.29, 1.82) is 0 Å². The van der Waals surface area contributed by atoms with Crippen LogP contribution in [0, 0.1) is 0 Å². The van der Waals surface area contributed by atoms with Gasteiger partial charge in [-0.1, -0.05) is 80.7 Å². The molecule has 0 saturated carbocycles. The van der Waals surface area contributed by atoms with Crippen molar-refractivity contribution in [2.75, 3.05) is 0 Å². The number of halogens is 1. The molecule has 0 amide bonds. The zero-order valence-corrected chi connectivity index (χ0v) is 13.5. The third-order valence-electron chi connectivity index (χ3n) is 2.60. The first kappa shape index (κ1) is 15.4. The van der Waals surface area contributed by atoms with Crippen molar-refractivity contribution in [2.45, 2.75) is 71.5 Å². The quantitative estimate of drug-likeness (QED) is 0.386. The molecular formula is C13H27BrSi. The number of hydrogen-bond donors (Lipinski definition) is 0. The van der Waals surface area contributed by atoms with Crippen molar-refractivity contribution >= 4 is 24.0 Å². The first-order valence-electron chi connectivity index (χ1n) is 6.34. The van der Waals surface area contributed by atoms with Crippen molar-refractivity contribution in [1.82, 2.24) is 0 Å². The lowest BCUT2D eigenvalue weighted by Crippen LogP contribution is -2.20. The second-order valence-corrected chi connectivity index (χ2v) is 12.0. The molecule has 0 aliphatic heterocycles. The predicted molar refractivity (Wildman–Crippen MR) is 78.3 cm³/mol. The Labute approximate surface area is 106 Å². The fraction of sp³-hybridized carbons (Fsp3) is 0.846. The molecule has 0 nitrogen and oxygen atoms in total. The summed E-state index contributed by atoms with van der Waals surface area (Å²) in [5.74, 6) is 0. The van der Waals surface area contributed by atoms with Gasteiger partial charge in [0.05, 0.1) is 8.07 Å². The molecule has 0 bridgehead atoms. The van der Waals surface area contributed by atoms with E-state index in [0.717, 1.165) is 0 Å². The van der Waals surface area contributed by atoms with E-state index < -0.39 is 8.07 Å². The Morgan fingerprint density at radius 1 is 1.00 bits per heavy atom. The van der Waals surface area contributed by atoms with E-state index in [0.29, 0.717) is 0 Å². The minimum absolute atomic E-state index is 1.06. The molecule has 0 fully saturated rings. The third-order valence-corrected chi connectivity index (χ3v) is 8.13. The van der Waals surface area contributed by atoms with Crippen LogP contribution in [0.4, 0.5) is 0 Å². The van der Waals surface area contributed by atoms with Crippen LogP contribution in [0.25, 0.3) is 0 Å². The number of allylic oxidation sites excluding steroid dienone is 1. The molecule has 0 unspecified atom stereocenters. The van der Waals surface area contributed by atoms with Crippen molar-refractivity contribution in [3.8, 4) is 0 Å². The highest BCUT2D eigenvalue weighted by Gasteiger charge is 2.16. The van der Waals surface area contributed by atoms with Crippen LogP contribution >= 0.6 is 15.9 Å². The van der Waals surface area contributed by atoms with E-state index in [-0.39, 0.29) is 0 Å². The average Bonchev–Trinajstić information content (AvgIpc) is 2.14. The molecule has 0 heterocycles. The van der Waals surface area contributed by atoms with Gasteiger partial charge in [-0.3, -0.25) is 0 Å². The average molecular weight is 291 g/mol. The number of hydrogen-bond acceptors (Lipinski definition) is 0. The fourth-order valence-corrected chi connectivity index (χ4v) is 2.45. The lowest BCUT2D eigenvalue weighted by molar-refractivity contribution is 0.611. The van der Waals surface area contributed by atoms with Gasteiger partial charge >= 0.3 is 0 Å². The van der Waals surface area contributed by atoms with Crippen LogP contribution in [0.5, 0.6) is 0 Å². The van der Waals surface area contributed by atoms with Gasteiger partial charge in [-0.15, -0.1) is 0 Å². The topological polar surface area (TPSA) is 0 Å². The summed E-state index contributed by atoms with van der Waals surface area (Å²) in [4.78, 5) is 0. The van der Waals surface area contributed by atoms with Crippen molar-refractivity contribution < 1.29 is 0 Å². The Kier molecular flexibility index (Phi) is 8.82. The molecule has 0 spiro atoms. The van der Waals surface area contributed by atoms with E-state index in [1.807, 2.05) is 0 Å². The SMILES string of the molecule is CCCCCCCC/C=C(/Br)[Si](C)(C)C. The first-order valence-corrected chi connectivity index (χ1v) is 10.6. The molecule has 90 valence electrons. The first-order chi connectivity index (χ1) is 6.98. The van der Waals surface area contributed by atoms with E-state index >= 15 is 0 Å². The summed E-state index contributed by atoms with van der Waals surface area (Å²) in [5, 5.41) is 0. The maximum absolute atomic E-state index is 3.72. The van der Waals surface area contributed by atoms with Crippen molar-refractivity contribution in [2.24, 2.45) is 0 Å². The van der Waals surface area contributed by atoms with Gasteiger partial charge in [-0.05, 0) is 16.9 Å². The summed E-state index contributed by atoms with van der Waals surface area (Å²) in [6, 6.07) is 0. The molecule has 15 heavy (non-hydrogen) atoms. The van der Waals surface area contributed by atoms with Crippen molar-refractivity contribution in [3.05, 3.63) is 10.2 Å². The minimum Gasteiger partial charge on any atom is -0.0785 e. The van der Waals surface area contributed by atoms with Gasteiger partial charge in [0.15, 0.2) is 0 Å². The summed E-state index contributed by atoms with van der Waals surface area (Å²) < 4.78 is 1.49. The highest BCUT2D eigenvalue weighted by atomic mass is 79.9. The third kappa shape index (κ3) is 9.37. The largest absolute Gasteiger partial charge is 0.0861 e. The van der Waals surface area contributed by atoms with E-state index in [2.05, 4.69) is 48.6 Å². The molecular weight excluding hydrogens is 264 g/mol. The molecule has 0 aliphatic carbocycles. The Morgan fingerprint density at radius 3 is 2.07 bits per heavy atom. The standard InChI is InChI=1S/C13H27BrSi/c1-5-6-7-8-9-10-11-12-13(14)15(2,3)4/h12H,5-11H2,1-4H3/b13-12-. The molecule has 0 aromatic heterocycles. The molecule has 2 heteroatoms. The van der Waals surface area contributed by atoms with Crippen LogP contribution in [0.15, 0.2) is 10.2 Å². The van der Waals surface area contributed by atoms with Gasteiger partial charge in [0.2, 0.25) is 0 Å². The van der Waals surface area contributed by atoms with Crippen LogP contribution in [0.3, 0.4) is 0 Å². The molecule has 0 aromatic carbocycles. The lowest BCUT2D eigenvalue weighted by atomic mass is 10.1. The maximum Gasteiger partial charge on any atom is 0.0861 e. The predicted octanol–water partition coefficient (Wildman–Crippen LogP) is 5.89. The zero-order valence-electron chi connectivity index (χ0n) is 10.9. The van der Waals surface area contributed by atoms with Crippen LogP contribution < -0.4 is 0 Å². The van der Waals surface area contributed by atoms with Gasteiger partial charge in [0, 0.05) is 0 Å². The summed E-state index contributed by atoms with van der Waals surface area (Å²) >= 11 is 3.72. The van der Waals surface area contributed by atoms with Crippen LogP contribution in [0.2, 0.25) is 19.6 Å². The van der Waals surface area contributed by atoms with Gasteiger partial charge in [-0.25, -0.2) is 0 Å². The lowest BCUT2D eigenvalue weighted by Gasteiger charge is -2.14. The monoisotopic (exact) mass is 290 g/mol. The summed E-state index contributed by atoms with van der Waals surface area (Å²) in [5.41, 5.74) is 0. The fourth-order valence-electron chi connectivity index (χ4n) is 1.46. The highest BCUT2D eigenvalue weighted by molar-refractivity contribution is 9.12. The van der Waals surface area contributed by atoms with Gasteiger partial charge in [0.1, 0.15) is 0 Å². The summed E-state index contributed by atoms with van der Waals surface area (Å²) in [6.45, 7) is 9.42. The molecule has 0 rings (SSSR count). The van der Waals surface area contributed by atoms with E-state index in [1.54, 1.807) is 0 Å². The molecule has 0 aromatic rings. The van der Waals surface area contributed by atoms with Gasteiger partial charge in [0.25, 0.3) is 0 Å². The summed E-state index contributed by atoms with van der Waals surface area (Å²) in [7, 11) is -1.06. The molecule has 0 radical (unpaired) electrons. The maximum atomic E-state index is 3.72. The van der Waals surface area contributed by atoms with Crippen LogP contribution in [0.1, 0.15) is 51.9 Å². The van der Waals surface area contributed by atoms with Gasteiger partial charge < -0.3 is 0 Å². The van der Waals surface area contributed by atoms with Crippen LogP contribution in [-0.4, -0.2) is 8.07 Å². The Hall–Kier alpha value is 0.437. The second kappa shape index (κ2) is 8.57. The number of unbranched alkanes of at least 4 members (excludes halogenated alkanes) is 6. The van der Waals surface area contributed by atoms with Crippen LogP contribution in [-0.2, 0) is 0 Å². The summed E-state index contributed by atoms with van der Waals surface area (Å²) in [6.07, 6.45) is 12.0. The Balaban J connectivity index is 3.45. The molecule has 0 atom stereocenters. The molecule has 0 saturated heterocycles. The zero-order chi connectivity index (χ0) is 11.7. The smallest absolute Gasteiger partial charge is 0.0785 e. The van der Waals surface area contributed by atoms with Crippen molar-refractivity contribution in [3.63, 3.8) is 0 Å².